The molecule has 0 aliphatic rings. The molecule has 1 amide bonds. The summed E-state index contributed by atoms with van der Waals surface area (Å²) in [6.07, 6.45) is 6.01. The second kappa shape index (κ2) is 6.43. The SMILES string of the molecule is CSc1ccccc1CC(=O)NCc1nccn1C. The molecular weight excluding hydrogens is 258 g/mol. The van der Waals surface area contributed by atoms with Crippen LogP contribution in [-0.4, -0.2) is 21.7 Å². The molecule has 0 saturated carbocycles. The summed E-state index contributed by atoms with van der Waals surface area (Å²) in [6.45, 7) is 0.462. The van der Waals surface area contributed by atoms with E-state index in [1.54, 1.807) is 18.0 Å². The van der Waals surface area contributed by atoms with E-state index >= 15 is 0 Å². The topological polar surface area (TPSA) is 46.9 Å². The van der Waals surface area contributed by atoms with Crippen LogP contribution in [-0.2, 0) is 24.8 Å². The second-order valence-corrected chi connectivity index (χ2v) is 5.07. The van der Waals surface area contributed by atoms with E-state index in [1.807, 2.05) is 48.3 Å². The van der Waals surface area contributed by atoms with Gasteiger partial charge in [0.15, 0.2) is 0 Å². The lowest BCUT2D eigenvalue weighted by atomic mass is 10.1. The predicted molar refractivity (Wildman–Crippen MR) is 77.0 cm³/mol. The van der Waals surface area contributed by atoms with E-state index in [4.69, 9.17) is 0 Å². The first kappa shape index (κ1) is 13.7. The fourth-order valence-electron chi connectivity index (χ4n) is 1.83. The van der Waals surface area contributed by atoms with Crippen molar-refractivity contribution < 1.29 is 4.79 Å². The fraction of sp³-hybridized carbons (Fsp3) is 0.286. The summed E-state index contributed by atoms with van der Waals surface area (Å²) in [5.41, 5.74) is 1.06. The summed E-state index contributed by atoms with van der Waals surface area (Å²) in [5.74, 6) is 0.871. The van der Waals surface area contributed by atoms with Crippen LogP contribution in [0, 0.1) is 0 Å². The highest BCUT2D eigenvalue weighted by Crippen LogP contribution is 2.20. The summed E-state index contributed by atoms with van der Waals surface area (Å²) in [6, 6.07) is 7.97. The van der Waals surface area contributed by atoms with Gasteiger partial charge in [-0.15, -0.1) is 11.8 Å². The molecule has 1 heterocycles. The zero-order valence-corrected chi connectivity index (χ0v) is 11.9. The zero-order valence-electron chi connectivity index (χ0n) is 11.1. The highest BCUT2D eigenvalue weighted by atomic mass is 32.2. The van der Waals surface area contributed by atoms with Gasteiger partial charge >= 0.3 is 0 Å². The molecule has 0 saturated heterocycles. The smallest absolute Gasteiger partial charge is 0.224 e. The van der Waals surface area contributed by atoms with Gasteiger partial charge < -0.3 is 9.88 Å². The van der Waals surface area contributed by atoms with Crippen molar-refractivity contribution in [1.82, 2.24) is 14.9 Å². The van der Waals surface area contributed by atoms with E-state index in [9.17, 15) is 4.79 Å². The molecule has 100 valence electrons. The number of amides is 1. The third-order valence-electron chi connectivity index (χ3n) is 2.91. The number of thioether (sulfide) groups is 1. The van der Waals surface area contributed by atoms with Gasteiger partial charge in [-0.3, -0.25) is 4.79 Å². The molecule has 1 N–H and O–H groups in total. The first-order chi connectivity index (χ1) is 9.20. The lowest BCUT2D eigenvalue weighted by Gasteiger charge is -2.08. The van der Waals surface area contributed by atoms with E-state index in [0.717, 1.165) is 16.3 Å². The van der Waals surface area contributed by atoms with Gasteiger partial charge in [0.2, 0.25) is 5.91 Å². The van der Waals surface area contributed by atoms with Gasteiger partial charge in [0, 0.05) is 24.3 Å². The second-order valence-electron chi connectivity index (χ2n) is 4.22. The van der Waals surface area contributed by atoms with Crippen LogP contribution < -0.4 is 5.32 Å². The number of rotatable bonds is 5. The lowest BCUT2D eigenvalue weighted by Crippen LogP contribution is -2.26. The van der Waals surface area contributed by atoms with Crippen molar-refractivity contribution in [1.29, 1.82) is 0 Å². The van der Waals surface area contributed by atoms with Crippen LogP contribution >= 0.6 is 11.8 Å². The number of aryl methyl sites for hydroxylation is 1. The van der Waals surface area contributed by atoms with Crippen LogP contribution in [0.25, 0.3) is 0 Å². The van der Waals surface area contributed by atoms with Gasteiger partial charge in [-0.2, -0.15) is 0 Å². The molecule has 5 heteroatoms. The van der Waals surface area contributed by atoms with E-state index in [1.165, 1.54) is 0 Å². The number of benzene rings is 1. The van der Waals surface area contributed by atoms with Crippen molar-refractivity contribution in [3.05, 3.63) is 48.0 Å². The van der Waals surface area contributed by atoms with E-state index in [2.05, 4.69) is 10.3 Å². The molecule has 19 heavy (non-hydrogen) atoms. The molecule has 0 atom stereocenters. The van der Waals surface area contributed by atoms with Crippen molar-refractivity contribution in [3.63, 3.8) is 0 Å². The molecule has 0 spiro atoms. The van der Waals surface area contributed by atoms with Gasteiger partial charge in [0.1, 0.15) is 5.82 Å². The van der Waals surface area contributed by atoms with Crippen molar-refractivity contribution in [2.24, 2.45) is 7.05 Å². The maximum Gasteiger partial charge on any atom is 0.224 e. The number of hydrogen-bond acceptors (Lipinski definition) is 3. The molecule has 0 unspecified atom stereocenters. The summed E-state index contributed by atoms with van der Waals surface area (Å²) < 4.78 is 1.90. The largest absolute Gasteiger partial charge is 0.349 e. The average molecular weight is 275 g/mol. The molecule has 1 aromatic carbocycles. The van der Waals surface area contributed by atoms with Crippen molar-refractivity contribution >= 4 is 17.7 Å². The minimum absolute atomic E-state index is 0.0181. The van der Waals surface area contributed by atoms with Gasteiger partial charge in [0.05, 0.1) is 13.0 Å². The van der Waals surface area contributed by atoms with Crippen LogP contribution in [0.15, 0.2) is 41.6 Å². The number of carbonyl (C=O) groups excluding carboxylic acids is 1. The standard InChI is InChI=1S/C14H17N3OS/c1-17-8-7-15-13(17)10-16-14(18)9-11-5-3-4-6-12(11)19-2/h3-8H,9-10H2,1-2H3,(H,16,18). The minimum Gasteiger partial charge on any atom is -0.349 e. The summed E-state index contributed by atoms with van der Waals surface area (Å²) in [5, 5.41) is 2.89. The Labute approximate surface area is 117 Å². The average Bonchev–Trinajstić information content (AvgIpc) is 2.82. The first-order valence-corrected chi connectivity index (χ1v) is 7.28. The Morgan fingerprint density at radius 2 is 2.21 bits per heavy atom. The van der Waals surface area contributed by atoms with E-state index in [0.29, 0.717) is 13.0 Å². The summed E-state index contributed by atoms with van der Waals surface area (Å²) in [7, 11) is 1.91. The molecule has 4 nitrogen and oxygen atoms in total. The van der Waals surface area contributed by atoms with Crippen LogP contribution in [0.5, 0.6) is 0 Å². The van der Waals surface area contributed by atoms with Gasteiger partial charge in [0.25, 0.3) is 0 Å². The molecule has 0 fully saturated rings. The molecule has 0 radical (unpaired) electrons. The fourth-order valence-corrected chi connectivity index (χ4v) is 2.45. The Morgan fingerprint density at radius 1 is 1.42 bits per heavy atom. The third kappa shape index (κ3) is 3.61. The predicted octanol–water partition coefficient (Wildman–Crippen LogP) is 2.00. The molecule has 1 aromatic heterocycles. The van der Waals surface area contributed by atoms with Gasteiger partial charge in [-0.1, -0.05) is 18.2 Å². The number of hydrogen-bond donors (Lipinski definition) is 1. The van der Waals surface area contributed by atoms with E-state index < -0.39 is 0 Å². The maximum atomic E-state index is 11.9. The molecule has 0 aliphatic heterocycles. The summed E-state index contributed by atoms with van der Waals surface area (Å²) >= 11 is 1.66. The molecule has 2 rings (SSSR count). The maximum absolute atomic E-state index is 11.9. The molecule has 2 aromatic rings. The van der Waals surface area contributed by atoms with Crippen molar-refractivity contribution in [2.45, 2.75) is 17.9 Å². The minimum atomic E-state index is 0.0181. The van der Waals surface area contributed by atoms with Gasteiger partial charge in [-0.05, 0) is 17.9 Å². The van der Waals surface area contributed by atoms with Crippen molar-refractivity contribution in [2.75, 3.05) is 6.26 Å². The lowest BCUT2D eigenvalue weighted by molar-refractivity contribution is -0.120. The van der Waals surface area contributed by atoms with Crippen LogP contribution in [0.4, 0.5) is 0 Å². The quantitative estimate of drug-likeness (QED) is 0.849. The first-order valence-electron chi connectivity index (χ1n) is 6.05. The van der Waals surface area contributed by atoms with Crippen LogP contribution in [0.1, 0.15) is 11.4 Å². The van der Waals surface area contributed by atoms with E-state index in [-0.39, 0.29) is 5.91 Å². The Hall–Kier alpha value is -1.75. The number of nitrogens with zero attached hydrogens (tertiary/aromatic N) is 2. The summed E-state index contributed by atoms with van der Waals surface area (Å²) in [4.78, 5) is 17.3. The van der Waals surface area contributed by atoms with Crippen LogP contribution in [0.2, 0.25) is 0 Å². The highest BCUT2D eigenvalue weighted by Gasteiger charge is 2.08. The highest BCUT2D eigenvalue weighted by molar-refractivity contribution is 7.98. The number of imidazole rings is 1. The monoisotopic (exact) mass is 275 g/mol. The zero-order chi connectivity index (χ0) is 13.7. The Balaban J connectivity index is 1.93. The van der Waals surface area contributed by atoms with Crippen molar-refractivity contribution in [3.8, 4) is 0 Å². The molecule has 0 aliphatic carbocycles. The molecule has 0 bridgehead atoms. The molecular formula is C14H17N3OS. The normalized spacial score (nSPS) is 10.4. The Kier molecular flexibility index (Phi) is 4.63. The van der Waals surface area contributed by atoms with Crippen LogP contribution in [0.3, 0.4) is 0 Å². The van der Waals surface area contributed by atoms with Gasteiger partial charge in [-0.25, -0.2) is 4.98 Å². The Bertz CT molecular complexity index is 565. The Morgan fingerprint density at radius 3 is 2.89 bits per heavy atom. The third-order valence-corrected chi connectivity index (χ3v) is 3.75. The number of aromatic nitrogens is 2. The number of carbonyl (C=O) groups is 1. The number of nitrogens with one attached hydrogen (secondary N) is 1.